The van der Waals surface area contributed by atoms with Crippen LogP contribution in [0.25, 0.3) is 0 Å². The van der Waals surface area contributed by atoms with Gasteiger partial charge in [-0.1, -0.05) is 6.08 Å². The predicted molar refractivity (Wildman–Crippen MR) is 43.9 cm³/mol. The molecule has 10 heavy (non-hydrogen) atoms. The molecule has 56 valence electrons. The number of aliphatic hydroxyl groups excluding tert-OH is 1. The van der Waals surface area contributed by atoms with Gasteiger partial charge in [0.1, 0.15) is 0 Å². The number of thioether (sulfide) groups is 1. The van der Waals surface area contributed by atoms with Crippen molar-refractivity contribution in [2.24, 2.45) is 5.92 Å². The average Bonchev–Trinajstić information content (AvgIpc) is 2.70. The molecule has 0 bridgehead atoms. The summed E-state index contributed by atoms with van der Waals surface area (Å²) in [5, 5.41) is 9.62. The van der Waals surface area contributed by atoms with Gasteiger partial charge in [-0.05, 0) is 25.2 Å². The van der Waals surface area contributed by atoms with E-state index in [1.54, 1.807) is 0 Å². The van der Waals surface area contributed by atoms with Crippen LogP contribution in [0, 0.1) is 5.92 Å². The Morgan fingerprint density at radius 1 is 1.60 bits per heavy atom. The monoisotopic (exact) mass is 156 g/mol. The van der Waals surface area contributed by atoms with Crippen LogP contribution < -0.4 is 0 Å². The van der Waals surface area contributed by atoms with E-state index in [9.17, 15) is 0 Å². The van der Waals surface area contributed by atoms with E-state index < -0.39 is 0 Å². The van der Waals surface area contributed by atoms with Crippen LogP contribution in [0.2, 0.25) is 0 Å². The standard InChI is InChI=1S/C8H12OS/c9-5-7-3-4-8(10-7)6-1-2-6/h3,6,8-9H,1-2,4-5H2/t8-/m1/s1. The number of rotatable bonds is 2. The molecule has 1 fully saturated rings. The zero-order chi connectivity index (χ0) is 6.97. The van der Waals surface area contributed by atoms with Crippen LogP contribution in [0.5, 0.6) is 0 Å². The van der Waals surface area contributed by atoms with Gasteiger partial charge < -0.3 is 5.11 Å². The summed E-state index contributed by atoms with van der Waals surface area (Å²) in [4.78, 5) is 1.19. The van der Waals surface area contributed by atoms with Gasteiger partial charge in [0.15, 0.2) is 0 Å². The van der Waals surface area contributed by atoms with Crippen LogP contribution in [0.15, 0.2) is 11.0 Å². The van der Waals surface area contributed by atoms with Gasteiger partial charge >= 0.3 is 0 Å². The predicted octanol–water partition coefficient (Wildman–Crippen LogP) is 1.78. The van der Waals surface area contributed by atoms with Gasteiger partial charge in [0.05, 0.1) is 6.61 Å². The van der Waals surface area contributed by atoms with Gasteiger partial charge in [-0.2, -0.15) is 0 Å². The first-order valence-electron chi connectivity index (χ1n) is 3.86. The molecule has 1 aliphatic carbocycles. The SMILES string of the molecule is OCC1=CC[C@H](C2CC2)S1. The second-order valence-corrected chi connectivity index (χ2v) is 4.42. The highest BCUT2D eigenvalue weighted by atomic mass is 32.2. The molecule has 0 aromatic carbocycles. The van der Waals surface area contributed by atoms with E-state index in [1.807, 2.05) is 11.8 Å². The van der Waals surface area contributed by atoms with Gasteiger partial charge in [-0.3, -0.25) is 0 Å². The topological polar surface area (TPSA) is 20.2 Å². The average molecular weight is 156 g/mol. The van der Waals surface area contributed by atoms with Gasteiger partial charge in [0, 0.05) is 10.2 Å². The number of hydrogen-bond donors (Lipinski definition) is 1. The maximum atomic E-state index is 8.80. The summed E-state index contributed by atoms with van der Waals surface area (Å²) < 4.78 is 0. The minimum Gasteiger partial charge on any atom is -0.391 e. The molecule has 0 amide bonds. The van der Waals surface area contributed by atoms with Gasteiger partial charge in [-0.15, -0.1) is 11.8 Å². The summed E-state index contributed by atoms with van der Waals surface area (Å²) in [7, 11) is 0. The first kappa shape index (κ1) is 6.74. The zero-order valence-corrected chi connectivity index (χ0v) is 6.73. The van der Waals surface area contributed by atoms with Crippen LogP contribution in [0.1, 0.15) is 19.3 Å². The van der Waals surface area contributed by atoms with Crippen molar-refractivity contribution < 1.29 is 5.11 Å². The number of aliphatic hydroxyl groups is 1. The quantitative estimate of drug-likeness (QED) is 0.657. The Morgan fingerprint density at radius 3 is 2.90 bits per heavy atom. The summed E-state index contributed by atoms with van der Waals surface area (Å²) in [6.07, 6.45) is 6.23. The number of hydrogen-bond acceptors (Lipinski definition) is 2. The smallest absolute Gasteiger partial charge is 0.0737 e. The van der Waals surface area contributed by atoms with Crippen molar-refractivity contribution in [2.45, 2.75) is 24.5 Å². The van der Waals surface area contributed by atoms with Crippen molar-refractivity contribution >= 4 is 11.8 Å². The molecule has 1 N–H and O–H groups in total. The Bertz CT molecular complexity index is 161. The van der Waals surface area contributed by atoms with Crippen molar-refractivity contribution in [2.75, 3.05) is 6.61 Å². The Morgan fingerprint density at radius 2 is 2.40 bits per heavy atom. The maximum Gasteiger partial charge on any atom is 0.0737 e. The van der Waals surface area contributed by atoms with E-state index in [2.05, 4.69) is 6.08 Å². The van der Waals surface area contributed by atoms with Crippen molar-refractivity contribution in [1.82, 2.24) is 0 Å². The van der Waals surface area contributed by atoms with Gasteiger partial charge in [0.25, 0.3) is 0 Å². The number of allylic oxidation sites excluding steroid dienone is 1. The Hall–Kier alpha value is 0.0500. The van der Waals surface area contributed by atoms with Crippen LogP contribution in [0.3, 0.4) is 0 Å². The van der Waals surface area contributed by atoms with Crippen molar-refractivity contribution in [3.05, 3.63) is 11.0 Å². The lowest BCUT2D eigenvalue weighted by atomic mass is 10.2. The third-order valence-electron chi connectivity index (χ3n) is 2.18. The highest BCUT2D eigenvalue weighted by molar-refractivity contribution is 8.04. The van der Waals surface area contributed by atoms with Crippen LogP contribution >= 0.6 is 11.8 Å². The Balaban J connectivity index is 1.86. The second-order valence-electron chi connectivity index (χ2n) is 3.06. The molecule has 0 aromatic rings. The van der Waals surface area contributed by atoms with Crippen LogP contribution in [0.4, 0.5) is 0 Å². The van der Waals surface area contributed by atoms with Crippen molar-refractivity contribution in [3.8, 4) is 0 Å². The molecule has 0 unspecified atom stereocenters. The van der Waals surface area contributed by atoms with E-state index in [0.29, 0.717) is 0 Å². The summed E-state index contributed by atoms with van der Waals surface area (Å²) in [6.45, 7) is 0.258. The first-order valence-corrected chi connectivity index (χ1v) is 4.74. The molecule has 0 aromatic heterocycles. The van der Waals surface area contributed by atoms with E-state index in [-0.39, 0.29) is 6.61 Å². The Kier molecular flexibility index (Phi) is 1.75. The first-order chi connectivity index (χ1) is 4.90. The molecule has 1 atom stereocenters. The molecule has 2 aliphatic rings. The molecule has 0 radical (unpaired) electrons. The molecule has 1 nitrogen and oxygen atoms in total. The summed E-state index contributed by atoms with van der Waals surface area (Å²) in [5.74, 6) is 0.977. The lowest BCUT2D eigenvalue weighted by Gasteiger charge is -2.05. The molecule has 0 spiro atoms. The third kappa shape index (κ3) is 1.23. The molecule has 2 rings (SSSR count). The van der Waals surface area contributed by atoms with Crippen LogP contribution in [-0.2, 0) is 0 Å². The largest absolute Gasteiger partial charge is 0.391 e. The fourth-order valence-electron chi connectivity index (χ4n) is 1.40. The van der Waals surface area contributed by atoms with E-state index >= 15 is 0 Å². The fourth-order valence-corrected chi connectivity index (χ4v) is 2.71. The van der Waals surface area contributed by atoms with Crippen molar-refractivity contribution in [3.63, 3.8) is 0 Å². The highest BCUT2D eigenvalue weighted by Gasteiger charge is 2.33. The minimum atomic E-state index is 0.258. The van der Waals surface area contributed by atoms with Crippen molar-refractivity contribution in [1.29, 1.82) is 0 Å². The third-order valence-corrected chi connectivity index (χ3v) is 3.66. The Labute approximate surface area is 65.5 Å². The van der Waals surface area contributed by atoms with Gasteiger partial charge in [0.2, 0.25) is 0 Å². The fraction of sp³-hybridized carbons (Fsp3) is 0.750. The zero-order valence-electron chi connectivity index (χ0n) is 5.92. The van der Waals surface area contributed by atoms with E-state index in [4.69, 9.17) is 5.11 Å². The summed E-state index contributed by atoms with van der Waals surface area (Å²) in [5.41, 5.74) is 0. The van der Waals surface area contributed by atoms with E-state index in [0.717, 1.165) is 11.2 Å². The lowest BCUT2D eigenvalue weighted by molar-refractivity contribution is 0.339. The molecular formula is C8H12OS. The highest BCUT2D eigenvalue weighted by Crippen LogP contribution is 2.46. The minimum absolute atomic E-state index is 0.258. The molecule has 1 saturated carbocycles. The summed E-state index contributed by atoms with van der Waals surface area (Å²) >= 11 is 1.89. The molecular weight excluding hydrogens is 144 g/mol. The second kappa shape index (κ2) is 2.59. The van der Waals surface area contributed by atoms with Crippen LogP contribution in [-0.4, -0.2) is 17.0 Å². The molecule has 1 heterocycles. The normalized spacial score (nSPS) is 32.5. The molecule has 1 aliphatic heterocycles. The lowest BCUT2D eigenvalue weighted by Crippen LogP contribution is -1.98. The summed E-state index contributed by atoms with van der Waals surface area (Å²) in [6, 6.07) is 0. The molecule has 2 heteroatoms. The van der Waals surface area contributed by atoms with Gasteiger partial charge in [-0.25, -0.2) is 0 Å². The molecule has 0 saturated heterocycles. The van der Waals surface area contributed by atoms with E-state index in [1.165, 1.54) is 24.2 Å². The maximum absolute atomic E-state index is 8.80.